The summed E-state index contributed by atoms with van der Waals surface area (Å²) in [5.41, 5.74) is 9.83. The van der Waals surface area contributed by atoms with Crippen LogP contribution in [0.2, 0.25) is 0 Å². The van der Waals surface area contributed by atoms with Gasteiger partial charge in [-0.3, -0.25) is 4.98 Å². The highest BCUT2D eigenvalue weighted by Gasteiger charge is 2.39. The fourth-order valence-electron chi connectivity index (χ4n) is 4.40. The van der Waals surface area contributed by atoms with Crippen molar-refractivity contribution in [2.75, 3.05) is 24.5 Å². The minimum atomic E-state index is -0.742. The van der Waals surface area contributed by atoms with E-state index in [-0.39, 0.29) is 22.3 Å². The summed E-state index contributed by atoms with van der Waals surface area (Å²) in [7, 11) is 0. The van der Waals surface area contributed by atoms with Gasteiger partial charge in [0.05, 0.1) is 16.8 Å². The molecule has 0 aliphatic carbocycles. The number of hydrogen-bond acceptors (Lipinski definition) is 4. The number of anilines is 1. The van der Waals surface area contributed by atoms with E-state index in [2.05, 4.69) is 26.8 Å². The molecule has 2 aromatic carbocycles. The maximum Gasteiger partial charge on any atom is 0.153 e. The fourth-order valence-corrected chi connectivity index (χ4v) is 4.40. The normalized spacial score (nSPS) is 15.2. The summed E-state index contributed by atoms with van der Waals surface area (Å²) >= 11 is 0. The van der Waals surface area contributed by atoms with Crippen molar-refractivity contribution in [1.82, 2.24) is 15.0 Å². The molecule has 3 heterocycles. The first-order chi connectivity index (χ1) is 15.3. The minimum Gasteiger partial charge on any atom is -0.369 e. The summed E-state index contributed by atoms with van der Waals surface area (Å²) in [5.74, 6) is -1.40. The van der Waals surface area contributed by atoms with Crippen molar-refractivity contribution >= 4 is 16.7 Å². The number of nitrogens with zero attached hydrogens (tertiary/aromatic N) is 3. The molecular formula is C24H22F3N5. The molecule has 0 bridgehead atoms. The summed E-state index contributed by atoms with van der Waals surface area (Å²) in [6.45, 7) is 5.87. The molecule has 2 aromatic heterocycles. The Morgan fingerprint density at radius 2 is 1.75 bits per heavy atom. The molecule has 3 N–H and O–H groups in total. The zero-order valence-electron chi connectivity index (χ0n) is 17.7. The third-order valence-electron chi connectivity index (χ3n) is 5.98. The average molecular weight is 437 g/mol. The SMILES string of the molecule is Cc1cc(F)cc(-c2cncc(-c3nc4c(F)cc(F)cc4[nH]3)c2N2CC(C)(CN)C2)c1. The number of aromatic nitrogens is 3. The number of imidazole rings is 1. The Morgan fingerprint density at radius 3 is 2.47 bits per heavy atom. The molecule has 32 heavy (non-hydrogen) atoms. The lowest BCUT2D eigenvalue weighted by Crippen LogP contribution is -2.58. The van der Waals surface area contributed by atoms with Crippen LogP contribution >= 0.6 is 0 Å². The van der Waals surface area contributed by atoms with Crippen LogP contribution in [0.3, 0.4) is 0 Å². The second kappa shape index (κ2) is 7.34. The first kappa shape index (κ1) is 20.5. The van der Waals surface area contributed by atoms with E-state index in [1.807, 2.05) is 13.0 Å². The Bertz CT molecular complexity index is 1320. The molecule has 5 rings (SSSR count). The van der Waals surface area contributed by atoms with Crippen LogP contribution in [-0.4, -0.2) is 34.6 Å². The molecule has 8 heteroatoms. The van der Waals surface area contributed by atoms with E-state index in [1.54, 1.807) is 12.4 Å². The quantitative estimate of drug-likeness (QED) is 0.481. The van der Waals surface area contributed by atoms with Gasteiger partial charge in [-0.2, -0.15) is 0 Å². The molecular weight excluding hydrogens is 415 g/mol. The lowest BCUT2D eigenvalue weighted by Gasteiger charge is -2.50. The highest BCUT2D eigenvalue weighted by atomic mass is 19.1. The minimum absolute atomic E-state index is 0.0429. The number of nitrogens with one attached hydrogen (secondary N) is 1. The number of pyridine rings is 1. The van der Waals surface area contributed by atoms with E-state index in [0.717, 1.165) is 22.9 Å². The number of rotatable bonds is 4. The van der Waals surface area contributed by atoms with Crippen LogP contribution in [0.5, 0.6) is 0 Å². The molecule has 0 spiro atoms. The Kier molecular flexibility index (Phi) is 4.70. The molecule has 4 aromatic rings. The number of H-pyrrole nitrogens is 1. The number of aryl methyl sites for hydroxylation is 1. The molecule has 1 fully saturated rings. The van der Waals surface area contributed by atoms with Crippen LogP contribution < -0.4 is 10.6 Å². The zero-order valence-corrected chi connectivity index (χ0v) is 17.7. The molecule has 0 saturated carbocycles. The Balaban J connectivity index is 1.72. The van der Waals surface area contributed by atoms with Crippen molar-refractivity contribution in [3.63, 3.8) is 0 Å². The average Bonchev–Trinajstić information content (AvgIpc) is 3.14. The molecule has 1 aliphatic rings. The summed E-state index contributed by atoms with van der Waals surface area (Å²) in [5, 5.41) is 0. The van der Waals surface area contributed by atoms with E-state index in [9.17, 15) is 13.2 Å². The standard InChI is InChI=1S/C24H22F3N5/c1-13-3-14(5-15(25)4-13)17-8-29-9-18(22(17)32-11-24(2,10-28)12-32)23-30-20-7-16(26)6-19(27)21(20)31-23/h3-9H,10-12,28H2,1-2H3,(H,30,31). The number of hydrogen-bond donors (Lipinski definition) is 2. The number of benzene rings is 2. The number of fused-ring (bicyclic) bond motifs is 1. The number of aromatic amines is 1. The van der Waals surface area contributed by atoms with Crippen molar-refractivity contribution < 1.29 is 13.2 Å². The highest BCUT2D eigenvalue weighted by Crippen LogP contribution is 2.44. The Morgan fingerprint density at radius 1 is 1.03 bits per heavy atom. The first-order valence-electron chi connectivity index (χ1n) is 10.3. The lowest BCUT2D eigenvalue weighted by molar-refractivity contribution is 0.255. The van der Waals surface area contributed by atoms with Crippen LogP contribution in [0.1, 0.15) is 12.5 Å². The lowest BCUT2D eigenvalue weighted by atomic mass is 9.81. The molecule has 1 aliphatic heterocycles. The van der Waals surface area contributed by atoms with Crippen LogP contribution in [-0.2, 0) is 0 Å². The molecule has 164 valence electrons. The van der Waals surface area contributed by atoms with E-state index in [0.29, 0.717) is 36.6 Å². The van der Waals surface area contributed by atoms with E-state index in [1.165, 1.54) is 18.2 Å². The van der Waals surface area contributed by atoms with Gasteiger partial charge in [-0.25, -0.2) is 18.2 Å². The van der Waals surface area contributed by atoms with E-state index in [4.69, 9.17) is 5.73 Å². The van der Waals surface area contributed by atoms with E-state index >= 15 is 0 Å². The summed E-state index contributed by atoms with van der Waals surface area (Å²) < 4.78 is 42.2. The topological polar surface area (TPSA) is 70.8 Å². The summed E-state index contributed by atoms with van der Waals surface area (Å²) in [6, 6.07) is 6.83. The van der Waals surface area contributed by atoms with Gasteiger partial charge in [-0.05, 0) is 36.2 Å². The summed E-state index contributed by atoms with van der Waals surface area (Å²) in [4.78, 5) is 13.9. The van der Waals surface area contributed by atoms with Crippen molar-refractivity contribution in [2.24, 2.45) is 11.1 Å². The van der Waals surface area contributed by atoms with Crippen molar-refractivity contribution in [3.05, 3.63) is 65.7 Å². The van der Waals surface area contributed by atoms with Gasteiger partial charge < -0.3 is 15.6 Å². The van der Waals surface area contributed by atoms with Crippen LogP contribution in [0, 0.1) is 29.8 Å². The van der Waals surface area contributed by atoms with Crippen molar-refractivity contribution in [3.8, 4) is 22.5 Å². The Labute approximate surface area is 183 Å². The van der Waals surface area contributed by atoms with Gasteiger partial charge in [-0.15, -0.1) is 0 Å². The van der Waals surface area contributed by atoms with Gasteiger partial charge in [0.2, 0.25) is 0 Å². The predicted molar refractivity (Wildman–Crippen MR) is 119 cm³/mol. The van der Waals surface area contributed by atoms with Crippen molar-refractivity contribution in [1.29, 1.82) is 0 Å². The van der Waals surface area contributed by atoms with Gasteiger partial charge >= 0.3 is 0 Å². The maximum atomic E-state index is 14.3. The molecule has 1 saturated heterocycles. The third-order valence-corrected chi connectivity index (χ3v) is 5.98. The second-order valence-electron chi connectivity index (χ2n) is 8.84. The van der Waals surface area contributed by atoms with Gasteiger partial charge in [0, 0.05) is 49.1 Å². The predicted octanol–water partition coefficient (Wildman–Crippen LogP) is 4.80. The second-order valence-corrected chi connectivity index (χ2v) is 8.84. The van der Waals surface area contributed by atoms with Crippen molar-refractivity contribution in [2.45, 2.75) is 13.8 Å². The molecule has 0 atom stereocenters. The maximum absolute atomic E-state index is 14.3. The van der Waals surface area contributed by atoms with E-state index < -0.39 is 11.6 Å². The van der Waals surface area contributed by atoms with Gasteiger partial charge in [-0.1, -0.05) is 13.0 Å². The number of nitrogens with two attached hydrogens (primary N) is 1. The summed E-state index contributed by atoms with van der Waals surface area (Å²) in [6.07, 6.45) is 3.32. The zero-order chi connectivity index (χ0) is 22.6. The monoisotopic (exact) mass is 437 g/mol. The van der Waals surface area contributed by atoms with Crippen LogP contribution in [0.4, 0.5) is 18.9 Å². The molecule has 0 unspecified atom stereocenters. The van der Waals surface area contributed by atoms with Gasteiger partial charge in [0.1, 0.15) is 23.0 Å². The Hall–Kier alpha value is -3.39. The number of halogens is 3. The molecule has 0 radical (unpaired) electrons. The van der Waals surface area contributed by atoms with Gasteiger partial charge in [0.25, 0.3) is 0 Å². The fraction of sp³-hybridized carbons (Fsp3) is 0.250. The molecule has 5 nitrogen and oxygen atoms in total. The van der Waals surface area contributed by atoms with Crippen LogP contribution in [0.15, 0.2) is 42.7 Å². The molecule has 0 amide bonds. The third kappa shape index (κ3) is 3.40. The van der Waals surface area contributed by atoms with Crippen LogP contribution in [0.25, 0.3) is 33.5 Å². The first-order valence-corrected chi connectivity index (χ1v) is 10.3. The largest absolute Gasteiger partial charge is 0.369 e. The van der Waals surface area contributed by atoms with Gasteiger partial charge in [0.15, 0.2) is 5.82 Å². The highest BCUT2D eigenvalue weighted by molar-refractivity contribution is 5.91. The smallest absolute Gasteiger partial charge is 0.153 e.